The maximum atomic E-state index is 12.4. The summed E-state index contributed by atoms with van der Waals surface area (Å²) in [7, 11) is -1.73. The molecule has 0 saturated heterocycles. The van der Waals surface area contributed by atoms with Crippen LogP contribution in [0.4, 0.5) is 0 Å². The lowest BCUT2D eigenvalue weighted by atomic mass is 9.89. The number of halogens is 1. The molecule has 0 amide bonds. The summed E-state index contributed by atoms with van der Waals surface area (Å²) < 4.78 is 29.1. The van der Waals surface area contributed by atoms with Crippen molar-refractivity contribution in [2.45, 2.75) is 49.8 Å². The van der Waals surface area contributed by atoms with Gasteiger partial charge in [0, 0.05) is 19.0 Å². The van der Waals surface area contributed by atoms with Gasteiger partial charge in [-0.15, -0.1) is 11.6 Å². The molecule has 1 fully saturated rings. The van der Waals surface area contributed by atoms with Crippen molar-refractivity contribution in [2.75, 3.05) is 6.54 Å². The third-order valence-electron chi connectivity index (χ3n) is 4.05. The second-order valence-electron chi connectivity index (χ2n) is 5.59. The highest BCUT2D eigenvalue weighted by atomic mass is 35.5. The zero-order chi connectivity index (χ0) is 14.9. The van der Waals surface area contributed by atoms with E-state index >= 15 is 0 Å². The zero-order valence-electron chi connectivity index (χ0n) is 12.2. The van der Waals surface area contributed by atoms with Crippen LogP contribution in [0.5, 0.6) is 0 Å². The third kappa shape index (κ3) is 3.35. The van der Waals surface area contributed by atoms with Gasteiger partial charge in [-0.3, -0.25) is 4.68 Å². The molecule has 7 heteroatoms. The van der Waals surface area contributed by atoms with E-state index in [0.717, 1.165) is 25.7 Å². The summed E-state index contributed by atoms with van der Waals surface area (Å²) in [6.07, 6.45) is 3.92. The maximum absolute atomic E-state index is 12.4. The third-order valence-corrected chi connectivity index (χ3v) is 6.16. The van der Waals surface area contributed by atoms with Crippen LogP contribution in [-0.2, 0) is 17.1 Å². The van der Waals surface area contributed by atoms with Crippen LogP contribution in [0.15, 0.2) is 4.90 Å². The summed E-state index contributed by atoms with van der Waals surface area (Å²) in [4.78, 5) is 0.311. The minimum absolute atomic E-state index is 0.255. The van der Waals surface area contributed by atoms with Crippen LogP contribution >= 0.6 is 11.6 Å². The predicted octanol–water partition coefficient (Wildman–Crippen LogP) is 2.11. The Morgan fingerprint density at radius 1 is 1.30 bits per heavy atom. The smallest absolute Gasteiger partial charge is 0.244 e. The van der Waals surface area contributed by atoms with Gasteiger partial charge in [0.2, 0.25) is 10.0 Å². The molecular formula is C13H22ClN3O2S. The van der Waals surface area contributed by atoms with Gasteiger partial charge in [-0.05, 0) is 45.4 Å². The Balaban J connectivity index is 2.04. The van der Waals surface area contributed by atoms with Gasteiger partial charge >= 0.3 is 0 Å². The van der Waals surface area contributed by atoms with Crippen molar-refractivity contribution in [3.63, 3.8) is 0 Å². The van der Waals surface area contributed by atoms with Crippen LogP contribution in [0.2, 0.25) is 0 Å². The molecule has 0 aliphatic heterocycles. The highest BCUT2D eigenvalue weighted by Gasteiger charge is 2.26. The molecule has 1 aromatic heterocycles. The van der Waals surface area contributed by atoms with E-state index in [-0.39, 0.29) is 5.38 Å². The number of hydrogen-bond donors (Lipinski definition) is 1. The molecule has 0 atom stereocenters. The van der Waals surface area contributed by atoms with Crippen molar-refractivity contribution in [3.05, 3.63) is 11.4 Å². The number of alkyl halides is 1. The van der Waals surface area contributed by atoms with Crippen molar-refractivity contribution in [1.82, 2.24) is 14.5 Å². The Morgan fingerprint density at radius 2 is 1.90 bits per heavy atom. The average Bonchev–Trinajstić information content (AvgIpc) is 2.63. The van der Waals surface area contributed by atoms with Crippen LogP contribution in [0.25, 0.3) is 0 Å². The molecule has 0 bridgehead atoms. The van der Waals surface area contributed by atoms with Gasteiger partial charge in [-0.2, -0.15) is 5.10 Å². The van der Waals surface area contributed by atoms with Gasteiger partial charge in [0.25, 0.3) is 0 Å². The van der Waals surface area contributed by atoms with Crippen molar-refractivity contribution >= 4 is 21.6 Å². The Kier molecular flexibility index (Phi) is 4.76. The van der Waals surface area contributed by atoms with Gasteiger partial charge in [0.15, 0.2) is 0 Å². The zero-order valence-corrected chi connectivity index (χ0v) is 13.8. The minimum Gasteiger partial charge on any atom is -0.271 e. The van der Waals surface area contributed by atoms with Crippen LogP contribution in [-0.4, -0.2) is 30.1 Å². The molecule has 114 valence electrons. The lowest BCUT2D eigenvalue weighted by Crippen LogP contribution is -2.32. The molecule has 1 heterocycles. The highest BCUT2D eigenvalue weighted by Crippen LogP contribution is 2.27. The maximum Gasteiger partial charge on any atom is 0.244 e. The van der Waals surface area contributed by atoms with Crippen molar-refractivity contribution in [1.29, 1.82) is 0 Å². The Bertz CT molecular complexity index is 575. The Labute approximate surface area is 125 Å². The van der Waals surface area contributed by atoms with E-state index in [1.54, 1.807) is 25.6 Å². The standard InChI is InChI=1S/C13H22ClN3O2S/c1-9-13(10(2)17(3)16-9)20(18,19)15-8-11-4-6-12(14)7-5-11/h11-12,15H,4-8H2,1-3H3. The number of nitrogens with zero attached hydrogens (tertiary/aromatic N) is 2. The van der Waals surface area contributed by atoms with Crippen LogP contribution < -0.4 is 4.72 Å². The van der Waals surface area contributed by atoms with Gasteiger partial charge in [0.1, 0.15) is 4.90 Å². The molecule has 20 heavy (non-hydrogen) atoms. The first kappa shape index (κ1) is 15.8. The number of aryl methyl sites for hydroxylation is 2. The number of sulfonamides is 1. The van der Waals surface area contributed by atoms with Crippen molar-refractivity contribution in [3.8, 4) is 0 Å². The average molecular weight is 320 g/mol. The fraction of sp³-hybridized carbons (Fsp3) is 0.769. The van der Waals surface area contributed by atoms with E-state index < -0.39 is 10.0 Å². The Hall–Kier alpha value is -0.590. The van der Waals surface area contributed by atoms with E-state index in [4.69, 9.17) is 11.6 Å². The van der Waals surface area contributed by atoms with E-state index in [0.29, 0.717) is 28.7 Å². The number of rotatable bonds is 4. The first-order valence-electron chi connectivity index (χ1n) is 6.95. The van der Waals surface area contributed by atoms with Gasteiger partial charge in [0.05, 0.1) is 11.4 Å². The molecule has 0 unspecified atom stereocenters. The van der Waals surface area contributed by atoms with E-state index in [2.05, 4.69) is 9.82 Å². The summed E-state index contributed by atoms with van der Waals surface area (Å²) in [6, 6.07) is 0. The molecule has 2 rings (SSSR count). The molecule has 0 radical (unpaired) electrons. The first-order valence-corrected chi connectivity index (χ1v) is 8.87. The van der Waals surface area contributed by atoms with E-state index in [9.17, 15) is 8.42 Å². The molecule has 0 spiro atoms. The topological polar surface area (TPSA) is 64.0 Å². The summed E-state index contributed by atoms with van der Waals surface area (Å²) in [5.74, 6) is 0.386. The quantitative estimate of drug-likeness (QED) is 0.865. The predicted molar refractivity (Wildman–Crippen MR) is 79.5 cm³/mol. The van der Waals surface area contributed by atoms with Crippen LogP contribution in [0.1, 0.15) is 37.1 Å². The number of aromatic nitrogens is 2. The summed E-state index contributed by atoms with van der Waals surface area (Å²) in [5, 5.41) is 4.42. The largest absolute Gasteiger partial charge is 0.271 e. The number of nitrogens with one attached hydrogen (secondary N) is 1. The number of hydrogen-bond acceptors (Lipinski definition) is 3. The lowest BCUT2D eigenvalue weighted by Gasteiger charge is -2.25. The molecule has 1 aliphatic rings. The lowest BCUT2D eigenvalue weighted by molar-refractivity contribution is 0.361. The highest BCUT2D eigenvalue weighted by molar-refractivity contribution is 7.89. The second-order valence-corrected chi connectivity index (χ2v) is 7.91. The summed E-state index contributed by atoms with van der Waals surface area (Å²) >= 11 is 6.06. The van der Waals surface area contributed by atoms with Gasteiger partial charge in [-0.25, -0.2) is 13.1 Å². The van der Waals surface area contributed by atoms with Gasteiger partial charge in [-0.1, -0.05) is 0 Å². The van der Waals surface area contributed by atoms with Crippen molar-refractivity contribution in [2.24, 2.45) is 13.0 Å². The van der Waals surface area contributed by atoms with Crippen LogP contribution in [0.3, 0.4) is 0 Å². The normalized spacial score (nSPS) is 24.0. The molecular weight excluding hydrogens is 298 g/mol. The second kappa shape index (κ2) is 6.03. The minimum atomic E-state index is -3.48. The van der Waals surface area contributed by atoms with Gasteiger partial charge < -0.3 is 0 Å². The molecule has 1 aromatic rings. The van der Waals surface area contributed by atoms with E-state index in [1.165, 1.54) is 0 Å². The fourth-order valence-corrected chi connectivity index (χ4v) is 4.57. The molecule has 1 aliphatic carbocycles. The van der Waals surface area contributed by atoms with Crippen LogP contribution in [0, 0.1) is 19.8 Å². The molecule has 5 nitrogen and oxygen atoms in total. The summed E-state index contributed by atoms with van der Waals surface area (Å²) in [6.45, 7) is 3.98. The molecule has 0 aromatic carbocycles. The summed E-state index contributed by atoms with van der Waals surface area (Å²) in [5.41, 5.74) is 1.21. The monoisotopic (exact) mass is 319 g/mol. The van der Waals surface area contributed by atoms with Crippen molar-refractivity contribution < 1.29 is 8.42 Å². The SMILES string of the molecule is Cc1nn(C)c(C)c1S(=O)(=O)NCC1CCC(Cl)CC1. The fourth-order valence-electron chi connectivity index (χ4n) is 2.77. The molecule has 1 saturated carbocycles. The molecule has 1 N–H and O–H groups in total. The first-order chi connectivity index (χ1) is 9.31. The van der Waals surface area contributed by atoms with E-state index in [1.807, 2.05) is 0 Å². The Morgan fingerprint density at radius 3 is 2.40 bits per heavy atom.